The van der Waals surface area contributed by atoms with Crippen molar-refractivity contribution in [3.63, 3.8) is 0 Å². The van der Waals surface area contributed by atoms with Crippen LogP contribution in [-0.2, 0) is 17.6 Å². The normalized spacial score (nSPS) is 14.0. The van der Waals surface area contributed by atoms with Gasteiger partial charge in [0.15, 0.2) is 5.69 Å². The molecule has 15 heavy (non-hydrogen) atoms. The van der Waals surface area contributed by atoms with Gasteiger partial charge in [-0.2, -0.15) is 0 Å². The molecule has 0 atom stereocenters. The number of esters is 1. The summed E-state index contributed by atoms with van der Waals surface area (Å²) in [5.74, 6) is 5.56. The van der Waals surface area contributed by atoms with Crippen LogP contribution < -0.4 is 5.84 Å². The lowest BCUT2D eigenvalue weighted by atomic mass is 10.1. The van der Waals surface area contributed by atoms with Gasteiger partial charge in [0.2, 0.25) is 0 Å². The zero-order chi connectivity index (χ0) is 11.0. The summed E-state index contributed by atoms with van der Waals surface area (Å²) >= 11 is 0. The van der Waals surface area contributed by atoms with Crippen LogP contribution in [0.3, 0.4) is 0 Å². The highest BCUT2D eigenvalue weighted by Crippen LogP contribution is 2.30. The first-order chi connectivity index (χ1) is 7.16. The quantitative estimate of drug-likeness (QED) is 0.586. The molecule has 0 unspecified atom stereocenters. The maximum atomic E-state index is 11.7. The number of hydrogen-bond acceptors (Lipinski definition) is 3. The van der Waals surface area contributed by atoms with Gasteiger partial charge in [0, 0.05) is 5.69 Å². The predicted molar refractivity (Wildman–Crippen MR) is 57.3 cm³/mol. The van der Waals surface area contributed by atoms with Crippen molar-refractivity contribution < 1.29 is 9.53 Å². The zero-order valence-corrected chi connectivity index (χ0v) is 9.17. The molecular weight excluding hydrogens is 192 g/mol. The van der Waals surface area contributed by atoms with E-state index in [1.54, 1.807) is 6.92 Å². The first-order valence-electron chi connectivity index (χ1n) is 5.32. The summed E-state index contributed by atoms with van der Waals surface area (Å²) in [4.78, 5) is 11.7. The smallest absolute Gasteiger partial charge is 0.357 e. The Hall–Kier alpha value is -1.45. The molecule has 82 valence electrons. The molecule has 1 heterocycles. The number of nitrogens with two attached hydrogens (primary N) is 1. The third-order valence-corrected chi connectivity index (χ3v) is 3.01. The van der Waals surface area contributed by atoms with E-state index < -0.39 is 0 Å². The van der Waals surface area contributed by atoms with Crippen LogP contribution in [0.25, 0.3) is 0 Å². The third-order valence-electron chi connectivity index (χ3n) is 3.01. The molecule has 2 N–H and O–H groups in total. The third kappa shape index (κ3) is 1.40. The summed E-state index contributed by atoms with van der Waals surface area (Å²) in [6.07, 6.45) is 3.07. The van der Waals surface area contributed by atoms with Gasteiger partial charge in [-0.25, -0.2) is 4.79 Å². The number of nitrogen functional groups attached to an aromatic ring is 1. The first kappa shape index (κ1) is 10.1. The van der Waals surface area contributed by atoms with Crippen LogP contribution in [0, 0.1) is 6.92 Å². The Morgan fingerprint density at radius 1 is 1.47 bits per heavy atom. The number of carbonyl (C=O) groups excluding carboxylic acids is 1. The van der Waals surface area contributed by atoms with Gasteiger partial charge in [0.25, 0.3) is 0 Å². The molecule has 0 fully saturated rings. The monoisotopic (exact) mass is 208 g/mol. The molecule has 1 aliphatic rings. The molecule has 0 saturated carbocycles. The largest absolute Gasteiger partial charge is 0.461 e. The van der Waals surface area contributed by atoms with Crippen molar-refractivity contribution in [1.29, 1.82) is 0 Å². The van der Waals surface area contributed by atoms with Crippen LogP contribution >= 0.6 is 0 Å². The molecule has 2 rings (SSSR count). The Morgan fingerprint density at radius 3 is 2.80 bits per heavy atom. The zero-order valence-electron chi connectivity index (χ0n) is 9.17. The van der Waals surface area contributed by atoms with Crippen LogP contribution in [0.5, 0.6) is 0 Å². The average Bonchev–Trinajstić information content (AvgIpc) is 2.73. The number of fused-ring (bicyclic) bond motifs is 1. The Balaban J connectivity index is 2.47. The number of ether oxygens (including phenoxy) is 1. The second-order valence-electron chi connectivity index (χ2n) is 3.84. The Labute approximate surface area is 89.0 Å². The molecule has 4 nitrogen and oxygen atoms in total. The van der Waals surface area contributed by atoms with Crippen molar-refractivity contribution in [1.82, 2.24) is 4.68 Å². The molecule has 0 amide bonds. The van der Waals surface area contributed by atoms with E-state index in [0.29, 0.717) is 12.3 Å². The number of nitrogens with zero attached hydrogens (tertiary/aromatic N) is 1. The molecule has 0 saturated heterocycles. The highest BCUT2D eigenvalue weighted by atomic mass is 16.5. The lowest BCUT2D eigenvalue weighted by Gasteiger charge is -2.06. The molecule has 1 aromatic rings. The van der Waals surface area contributed by atoms with Gasteiger partial charge in [0.05, 0.1) is 6.61 Å². The predicted octanol–water partition coefficient (Wildman–Crippen LogP) is 1.18. The summed E-state index contributed by atoms with van der Waals surface area (Å²) in [6, 6.07) is 0. The van der Waals surface area contributed by atoms with Gasteiger partial charge >= 0.3 is 5.97 Å². The summed E-state index contributed by atoms with van der Waals surface area (Å²) < 4.78 is 6.48. The second-order valence-corrected chi connectivity index (χ2v) is 3.84. The van der Waals surface area contributed by atoms with Gasteiger partial charge in [-0.05, 0) is 44.2 Å². The molecule has 1 aliphatic carbocycles. The summed E-state index contributed by atoms with van der Waals surface area (Å²) in [5.41, 5.74) is 3.86. The van der Waals surface area contributed by atoms with E-state index in [2.05, 4.69) is 0 Å². The number of hydrogen-bond donors (Lipinski definition) is 1. The minimum Gasteiger partial charge on any atom is -0.461 e. The first-order valence-corrected chi connectivity index (χ1v) is 5.32. The topological polar surface area (TPSA) is 57.2 Å². The van der Waals surface area contributed by atoms with Crippen LogP contribution in [0.2, 0.25) is 0 Å². The van der Waals surface area contributed by atoms with E-state index in [0.717, 1.165) is 30.5 Å². The van der Waals surface area contributed by atoms with Crippen LogP contribution in [0.15, 0.2) is 0 Å². The maximum Gasteiger partial charge on any atom is 0.357 e. The molecule has 0 radical (unpaired) electrons. The molecule has 4 heteroatoms. The molecule has 0 bridgehead atoms. The Morgan fingerprint density at radius 2 is 2.13 bits per heavy atom. The molecule has 0 aromatic carbocycles. The van der Waals surface area contributed by atoms with E-state index in [1.165, 1.54) is 10.2 Å². The summed E-state index contributed by atoms with van der Waals surface area (Å²) in [7, 11) is 0. The highest BCUT2D eigenvalue weighted by molar-refractivity contribution is 5.90. The van der Waals surface area contributed by atoms with Crippen molar-refractivity contribution in [2.24, 2.45) is 0 Å². The fourth-order valence-corrected chi connectivity index (χ4v) is 2.28. The van der Waals surface area contributed by atoms with E-state index >= 15 is 0 Å². The summed E-state index contributed by atoms with van der Waals surface area (Å²) in [6.45, 7) is 4.14. The lowest BCUT2D eigenvalue weighted by molar-refractivity contribution is 0.0514. The van der Waals surface area contributed by atoms with Gasteiger partial charge < -0.3 is 10.6 Å². The van der Waals surface area contributed by atoms with Crippen molar-refractivity contribution in [3.8, 4) is 0 Å². The maximum absolute atomic E-state index is 11.7. The average molecular weight is 208 g/mol. The fraction of sp³-hybridized carbons (Fsp3) is 0.545. The van der Waals surface area contributed by atoms with Crippen molar-refractivity contribution in [2.45, 2.75) is 33.1 Å². The molecule has 1 aromatic heterocycles. The summed E-state index contributed by atoms with van der Waals surface area (Å²) in [5, 5.41) is 0. The van der Waals surface area contributed by atoms with Gasteiger partial charge in [-0.3, -0.25) is 4.68 Å². The molecular formula is C11H16N2O2. The van der Waals surface area contributed by atoms with Crippen molar-refractivity contribution in [2.75, 3.05) is 12.4 Å². The van der Waals surface area contributed by atoms with E-state index in [4.69, 9.17) is 10.6 Å². The van der Waals surface area contributed by atoms with Gasteiger partial charge in [0.1, 0.15) is 0 Å². The molecule has 0 aliphatic heterocycles. The molecule has 0 spiro atoms. The van der Waals surface area contributed by atoms with Crippen molar-refractivity contribution in [3.05, 3.63) is 22.5 Å². The highest BCUT2D eigenvalue weighted by Gasteiger charge is 2.27. The van der Waals surface area contributed by atoms with E-state index in [9.17, 15) is 4.79 Å². The van der Waals surface area contributed by atoms with Crippen LogP contribution in [0.4, 0.5) is 0 Å². The van der Waals surface area contributed by atoms with E-state index in [-0.39, 0.29) is 5.97 Å². The van der Waals surface area contributed by atoms with Crippen molar-refractivity contribution >= 4 is 5.97 Å². The number of carbonyl (C=O) groups is 1. The Kier molecular flexibility index (Phi) is 2.42. The lowest BCUT2D eigenvalue weighted by Crippen LogP contribution is -2.20. The second kappa shape index (κ2) is 3.61. The number of rotatable bonds is 2. The minimum atomic E-state index is -0.300. The minimum absolute atomic E-state index is 0.300. The number of aromatic nitrogens is 1. The fourth-order valence-electron chi connectivity index (χ4n) is 2.28. The van der Waals surface area contributed by atoms with Crippen LogP contribution in [0.1, 0.15) is 40.7 Å². The SMILES string of the molecule is CCOC(=O)c1c2c(c(C)n1N)CCC2. The van der Waals surface area contributed by atoms with Crippen LogP contribution in [-0.4, -0.2) is 17.3 Å². The Bertz CT molecular complexity index is 407. The van der Waals surface area contributed by atoms with E-state index in [1.807, 2.05) is 6.92 Å². The van der Waals surface area contributed by atoms with Gasteiger partial charge in [-0.1, -0.05) is 0 Å². The standard InChI is InChI=1S/C11H16N2O2/c1-3-15-11(14)10-9-6-4-5-8(9)7(2)13(10)12/h3-6,12H2,1-2H3. The van der Waals surface area contributed by atoms with Gasteiger partial charge in [-0.15, -0.1) is 0 Å².